The predicted octanol–water partition coefficient (Wildman–Crippen LogP) is 6.64. The summed E-state index contributed by atoms with van der Waals surface area (Å²) in [7, 11) is 0. The number of hydrazone groups is 1. The van der Waals surface area contributed by atoms with Crippen LogP contribution in [-0.4, -0.2) is 18.7 Å². The number of halogens is 4. The van der Waals surface area contributed by atoms with Crippen LogP contribution in [-0.2, 0) is 6.61 Å². The zero-order valence-corrected chi connectivity index (χ0v) is 20.0. The second-order valence-corrected chi connectivity index (χ2v) is 8.17. The van der Waals surface area contributed by atoms with E-state index < -0.39 is 11.7 Å². The van der Waals surface area contributed by atoms with Gasteiger partial charge in [0.2, 0.25) is 0 Å². The Morgan fingerprint density at radius 1 is 1.09 bits per heavy atom. The minimum absolute atomic E-state index is 0.261. The van der Waals surface area contributed by atoms with Gasteiger partial charge in [0.1, 0.15) is 12.4 Å². The minimum Gasteiger partial charge on any atom is -0.490 e. The fraction of sp³-hybridized carbons (Fsp3) is 0.130. The zero-order chi connectivity index (χ0) is 23.1. The molecule has 0 radical (unpaired) electrons. The van der Waals surface area contributed by atoms with E-state index in [0.717, 1.165) is 5.56 Å². The van der Waals surface area contributed by atoms with Crippen LogP contribution in [0.3, 0.4) is 0 Å². The highest BCUT2D eigenvalue weighted by Crippen LogP contribution is 2.37. The van der Waals surface area contributed by atoms with Crippen molar-refractivity contribution in [1.82, 2.24) is 5.43 Å². The normalized spacial score (nSPS) is 10.9. The highest BCUT2D eigenvalue weighted by molar-refractivity contribution is 9.10. The zero-order valence-electron chi connectivity index (χ0n) is 16.9. The van der Waals surface area contributed by atoms with E-state index in [0.29, 0.717) is 43.8 Å². The van der Waals surface area contributed by atoms with Gasteiger partial charge in [-0.15, -0.1) is 0 Å². The molecule has 9 heteroatoms. The molecule has 0 aliphatic heterocycles. The lowest BCUT2D eigenvalue weighted by atomic mass is 10.2. The number of benzene rings is 3. The highest BCUT2D eigenvalue weighted by atomic mass is 79.9. The van der Waals surface area contributed by atoms with Crippen molar-refractivity contribution in [2.24, 2.45) is 5.10 Å². The van der Waals surface area contributed by atoms with Crippen molar-refractivity contribution in [3.05, 3.63) is 91.6 Å². The lowest BCUT2D eigenvalue weighted by Crippen LogP contribution is -2.17. The molecule has 0 bridgehead atoms. The molecule has 5 nitrogen and oxygen atoms in total. The molecule has 3 aromatic carbocycles. The fourth-order valence-corrected chi connectivity index (χ4v) is 3.58. The molecule has 0 spiro atoms. The largest absolute Gasteiger partial charge is 0.490 e. The number of hydrogen-bond acceptors (Lipinski definition) is 4. The van der Waals surface area contributed by atoms with E-state index in [2.05, 4.69) is 26.5 Å². The van der Waals surface area contributed by atoms with Crippen LogP contribution in [0, 0.1) is 5.82 Å². The number of amides is 1. The summed E-state index contributed by atoms with van der Waals surface area (Å²) in [5, 5.41) is 4.89. The lowest BCUT2D eigenvalue weighted by molar-refractivity contribution is 0.0955. The molecule has 0 fully saturated rings. The summed E-state index contributed by atoms with van der Waals surface area (Å²) in [5.41, 5.74) is 4.22. The van der Waals surface area contributed by atoms with Crippen LogP contribution in [0.4, 0.5) is 4.39 Å². The van der Waals surface area contributed by atoms with Gasteiger partial charge in [0.05, 0.1) is 27.3 Å². The third kappa shape index (κ3) is 6.45. The Balaban J connectivity index is 1.72. The molecule has 166 valence electrons. The summed E-state index contributed by atoms with van der Waals surface area (Å²) >= 11 is 15.5. The quantitative estimate of drug-likeness (QED) is 0.258. The van der Waals surface area contributed by atoms with Gasteiger partial charge in [-0.05, 0) is 82.5 Å². The third-order valence-corrected chi connectivity index (χ3v) is 5.51. The SMILES string of the molecule is CCOc1cc(/C=N\NC(=O)c2ccc(F)cc2)cc(Br)c1OCc1ccc(Cl)c(Cl)c1. The Morgan fingerprint density at radius 3 is 2.53 bits per heavy atom. The number of nitrogens with one attached hydrogen (secondary N) is 1. The van der Waals surface area contributed by atoms with E-state index in [4.69, 9.17) is 32.7 Å². The maximum absolute atomic E-state index is 13.0. The Morgan fingerprint density at radius 2 is 1.84 bits per heavy atom. The summed E-state index contributed by atoms with van der Waals surface area (Å²) in [6, 6.07) is 14.0. The van der Waals surface area contributed by atoms with Gasteiger partial charge in [-0.25, -0.2) is 9.82 Å². The maximum atomic E-state index is 13.0. The van der Waals surface area contributed by atoms with Crippen LogP contribution < -0.4 is 14.9 Å². The average molecular weight is 540 g/mol. The van der Waals surface area contributed by atoms with Gasteiger partial charge in [-0.2, -0.15) is 5.10 Å². The molecule has 3 rings (SSSR count). The molecule has 0 heterocycles. The first-order valence-corrected chi connectivity index (χ1v) is 11.0. The van der Waals surface area contributed by atoms with E-state index >= 15 is 0 Å². The molecule has 0 saturated heterocycles. The molecular formula is C23H18BrCl2FN2O3. The van der Waals surface area contributed by atoms with E-state index in [1.807, 2.05) is 13.0 Å². The van der Waals surface area contributed by atoms with E-state index in [1.165, 1.54) is 30.5 Å². The van der Waals surface area contributed by atoms with Gasteiger partial charge in [-0.1, -0.05) is 29.3 Å². The van der Waals surface area contributed by atoms with Crippen molar-refractivity contribution < 1.29 is 18.7 Å². The van der Waals surface area contributed by atoms with Gasteiger partial charge in [0.25, 0.3) is 5.91 Å². The Bertz CT molecular complexity index is 1140. The molecule has 1 amide bonds. The summed E-state index contributed by atoms with van der Waals surface area (Å²) in [6.45, 7) is 2.55. The van der Waals surface area contributed by atoms with Gasteiger partial charge >= 0.3 is 0 Å². The number of carbonyl (C=O) groups is 1. The fourth-order valence-electron chi connectivity index (χ4n) is 2.68. The molecule has 0 saturated carbocycles. The highest BCUT2D eigenvalue weighted by Gasteiger charge is 2.13. The number of nitrogens with zero attached hydrogens (tertiary/aromatic N) is 1. The van der Waals surface area contributed by atoms with Crippen molar-refractivity contribution in [2.75, 3.05) is 6.61 Å². The molecule has 0 aliphatic carbocycles. The summed E-state index contributed by atoms with van der Waals surface area (Å²) in [5.74, 6) is 0.158. The van der Waals surface area contributed by atoms with Crippen LogP contribution in [0.15, 0.2) is 64.2 Å². The Kier molecular flexibility index (Phi) is 8.50. The predicted molar refractivity (Wildman–Crippen MR) is 128 cm³/mol. The van der Waals surface area contributed by atoms with E-state index in [-0.39, 0.29) is 6.61 Å². The monoisotopic (exact) mass is 538 g/mol. The lowest BCUT2D eigenvalue weighted by Gasteiger charge is -2.15. The standard InChI is InChI=1S/C23H18BrCl2FN2O3/c1-2-31-21-11-15(12-28-29-23(30)16-4-6-17(27)7-5-16)9-18(24)22(21)32-13-14-3-8-19(25)20(26)10-14/h3-12H,2,13H2,1H3,(H,29,30)/b28-12-. The maximum Gasteiger partial charge on any atom is 0.271 e. The molecule has 0 aromatic heterocycles. The summed E-state index contributed by atoms with van der Waals surface area (Å²) in [4.78, 5) is 12.1. The molecule has 0 unspecified atom stereocenters. The minimum atomic E-state index is -0.452. The second-order valence-electron chi connectivity index (χ2n) is 6.51. The van der Waals surface area contributed by atoms with Crippen LogP contribution >= 0.6 is 39.1 Å². The molecule has 3 aromatic rings. The molecule has 1 N–H and O–H groups in total. The topological polar surface area (TPSA) is 59.9 Å². The molecular weight excluding hydrogens is 522 g/mol. The smallest absolute Gasteiger partial charge is 0.271 e. The third-order valence-electron chi connectivity index (χ3n) is 4.19. The second kappa shape index (κ2) is 11.3. The van der Waals surface area contributed by atoms with Crippen molar-refractivity contribution in [1.29, 1.82) is 0 Å². The van der Waals surface area contributed by atoms with E-state index in [9.17, 15) is 9.18 Å². The van der Waals surface area contributed by atoms with Gasteiger partial charge < -0.3 is 9.47 Å². The molecule has 0 atom stereocenters. The van der Waals surface area contributed by atoms with Gasteiger partial charge in [0, 0.05) is 5.56 Å². The Labute approximate surface area is 203 Å². The van der Waals surface area contributed by atoms with Crippen molar-refractivity contribution >= 4 is 51.3 Å². The van der Waals surface area contributed by atoms with Crippen molar-refractivity contribution in [3.8, 4) is 11.5 Å². The van der Waals surface area contributed by atoms with Crippen LogP contribution in [0.5, 0.6) is 11.5 Å². The van der Waals surface area contributed by atoms with Crippen LogP contribution in [0.1, 0.15) is 28.4 Å². The van der Waals surface area contributed by atoms with Crippen molar-refractivity contribution in [3.63, 3.8) is 0 Å². The first kappa shape index (κ1) is 24.0. The average Bonchev–Trinajstić information content (AvgIpc) is 2.76. The van der Waals surface area contributed by atoms with Crippen molar-refractivity contribution in [2.45, 2.75) is 13.5 Å². The molecule has 32 heavy (non-hydrogen) atoms. The number of carbonyl (C=O) groups excluding carboxylic acids is 1. The van der Waals surface area contributed by atoms with Gasteiger partial charge in [-0.3, -0.25) is 4.79 Å². The van der Waals surface area contributed by atoms with Crippen LogP contribution in [0.25, 0.3) is 0 Å². The van der Waals surface area contributed by atoms with Gasteiger partial charge in [0.15, 0.2) is 11.5 Å². The number of ether oxygens (including phenoxy) is 2. The summed E-state index contributed by atoms with van der Waals surface area (Å²) < 4.78 is 25.3. The number of hydrogen-bond donors (Lipinski definition) is 1. The number of rotatable bonds is 8. The molecule has 0 aliphatic rings. The van der Waals surface area contributed by atoms with Crippen LogP contribution in [0.2, 0.25) is 10.0 Å². The summed E-state index contributed by atoms with van der Waals surface area (Å²) in [6.07, 6.45) is 1.47. The first-order chi connectivity index (χ1) is 15.4. The van der Waals surface area contributed by atoms with E-state index in [1.54, 1.807) is 24.3 Å². The Hall–Kier alpha value is -2.61. The first-order valence-electron chi connectivity index (χ1n) is 9.49.